The summed E-state index contributed by atoms with van der Waals surface area (Å²) in [6.07, 6.45) is -0.0491. The van der Waals surface area contributed by atoms with Gasteiger partial charge in [0.15, 0.2) is 0 Å². The Morgan fingerprint density at radius 1 is 1.14 bits per heavy atom. The standard InChI is InChI=1S/C24H22F3N5O3S/c1-15-13-32(15)14-20(33)31-22(16-8-11-28-12-9-16)36-23-19(3-2-10-29-23)21(34)30-17-4-6-18(7-5-17)35-24(25,26)27/h2-12,15,22H,13-14H2,1H3,(H,30,34)(H,31,33). The summed E-state index contributed by atoms with van der Waals surface area (Å²) in [7, 11) is 0. The minimum atomic E-state index is -4.80. The highest BCUT2D eigenvalue weighted by Gasteiger charge is 2.32. The van der Waals surface area contributed by atoms with Gasteiger partial charge in [-0.1, -0.05) is 11.8 Å². The van der Waals surface area contributed by atoms with Crippen LogP contribution < -0.4 is 15.4 Å². The molecule has 3 heterocycles. The average molecular weight is 518 g/mol. The van der Waals surface area contributed by atoms with Gasteiger partial charge in [-0.25, -0.2) is 4.98 Å². The van der Waals surface area contributed by atoms with Gasteiger partial charge < -0.3 is 15.4 Å². The highest BCUT2D eigenvalue weighted by Crippen LogP contribution is 2.34. The molecule has 4 rings (SSSR count). The molecule has 1 aliphatic rings. The van der Waals surface area contributed by atoms with Crippen LogP contribution in [0.1, 0.15) is 28.2 Å². The maximum Gasteiger partial charge on any atom is 0.573 e. The van der Waals surface area contributed by atoms with Crippen LogP contribution in [0.4, 0.5) is 18.9 Å². The van der Waals surface area contributed by atoms with Gasteiger partial charge in [0.25, 0.3) is 5.91 Å². The summed E-state index contributed by atoms with van der Waals surface area (Å²) in [6, 6.07) is 11.9. The van der Waals surface area contributed by atoms with Crippen LogP contribution in [-0.2, 0) is 4.79 Å². The Balaban J connectivity index is 1.49. The van der Waals surface area contributed by atoms with Gasteiger partial charge in [0.2, 0.25) is 5.91 Å². The maximum atomic E-state index is 13.0. The van der Waals surface area contributed by atoms with Crippen molar-refractivity contribution in [3.8, 4) is 5.75 Å². The lowest BCUT2D eigenvalue weighted by molar-refractivity contribution is -0.274. The van der Waals surface area contributed by atoms with E-state index in [2.05, 4.69) is 25.3 Å². The van der Waals surface area contributed by atoms with Crippen LogP contribution in [0.5, 0.6) is 5.75 Å². The largest absolute Gasteiger partial charge is 0.573 e. The third kappa shape index (κ3) is 7.18. The number of alkyl halides is 3. The number of amides is 2. The summed E-state index contributed by atoms with van der Waals surface area (Å²) in [6.45, 7) is 3.18. The van der Waals surface area contributed by atoms with Gasteiger partial charge in [-0.15, -0.1) is 13.2 Å². The van der Waals surface area contributed by atoms with Gasteiger partial charge in [-0.05, 0) is 61.0 Å². The number of hydrogen-bond donors (Lipinski definition) is 2. The number of hydrogen-bond acceptors (Lipinski definition) is 7. The summed E-state index contributed by atoms with van der Waals surface area (Å²) in [5, 5.41) is 5.48. The van der Waals surface area contributed by atoms with Crippen LogP contribution in [0.25, 0.3) is 0 Å². The molecule has 0 bridgehead atoms. The third-order valence-electron chi connectivity index (χ3n) is 5.23. The molecule has 188 valence electrons. The molecule has 0 radical (unpaired) electrons. The van der Waals surface area contributed by atoms with Crippen LogP contribution in [0.15, 0.2) is 72.1 Å². The van der Waals surface area contributed by atoms with Crippen molar-refractivity contribution in [1.82, 2.24) is 20.2 Å². The minimum absolute atomic E-state index is 0.156. The van der Waals surface area contributed by atoms with Crippen molar-refractivity contribution in [3.63, 3.8) is 0 Å². The van der Waals surface area contributed by atoms with Crippen molar-refractivity contribution in [1.29, 1.82) is 0 Å². The predicted molar refractivity (Wildman–Crippen MR) is 127 cm³/mol. The van der Waals surface area contributed by atoms with Crippen molar-refractivity contribution >= 4 is 29.3 Å². The van der Waals surface area contributed by atoms with E-state index in [0.29, 0.717) is 11.1 Å². The lowest BCUT2D eigenvalue weighted by Crippen LogP contribution is -2.32. The van der Waals surface area contributed by atoms with Crippen LogP contribution in [-0.4, -0.2) is 52.2 Å². The second-order valence-electron chi connectivity index (χ2n) is 8.01. The lowest BCUT2D eigenvalue weighted by atomic mass is 10.2. The first kappa shape index (κ1) is 25.5. The Kier molecular flexibility index (Phi) is 7.75. The third-order valence-corrected chi connectivity index (χ3v) is 6.40. The van der Waals surface area contributed by atoms with Gasteiger partial charge in [-0.2, -0.15) is 0 Å². The maximum absolute atomic E-state index is 13.0. The average Bonchev–Trinajstić information content (AvgIpc) is 3.53. The molecular formula is C24H22F3N5O3S. The molecule has 36 heavy (non-hydrogen) atoms. The number of aromatic nitrogens is 2. The Morgan fingerprint density at radius 2 is 1.83 bits per heavy atom. The van der Waals surface area contributed by atoms with E-state index in [4.69, 9.17) is 0 Å². The van der Waals surface area contributed by atoms with E-state index in [1.165, 1.54) is 30.1 Å². The number of carbonyl (C=O) groups excluding carboxylic acids is 2. The van der Waals surface area contributed by atoms with Gasteiger partial charge in [0, 0.05) is 36.9 Å². The zero-order chi connectivity index (χ0) is 25.7. The molecular weight excluding hydrogens is 495 g/mol. The van der Waals surface area contributed by atoms with Gasteiger partial charge in [0.1, 0.15) is 16.1 Å². The van der Waals surface area contributed by atoms with E-state index in [1.54, 1.807) is 36.7 Å². The van der Waals surface area contributed by atoms with E-state index >= 15 is 0 Å². The predicted octanol–water partition coefficient (Wildman–Crippen LogP) is 4.24. The normalized spacial score (nSPS) is 17.7. The van der Waals surface area contributed by atoms with Crippen molar-refractivity contribution in [2.24, 2.45) is 0 Å². The molecule has 0 spiro atoms. The molecule has 8 nitrogen and oxygen atoms in total. The van der Waals surface area contributed by atoms with Crippen molar-refractivity contribution in [2.45, 2.75) is 29.7 Å². The zero-order valence-corrected chi connectivity index (χ0v) is 19.8. The molecule has 0 aliphatic carbocycles. The molecule has 3 unspecified atom stereocenters. The molecule has 1 aromatic carbocycles. The molecule has 1 fully saturated rings. The fourth-order valence-electron chi connectivity index (χ4n) is 3.32. The van der Waals surface area contributed by atoms with Crippen molar-refractivity contribution in [3.05, 3.63) is 78.2 Å². The van der Waals surface area contributed by atoms with Crippen LogP contribution in [0, 0.1) is 0 Å². The number of nitrogens with zero attached hydrogens (tertiary/aromatic N) is 3. The van der Waals surface area contributed by atoms with E-state index in [9.17, 15) is 22.8 Å². The Bertz CT molecular complexity index is 1210. The summed E-state index contributed by atoms with van der Waals surface area (Å²) in [5.74, 6) is -1.06. The molecule has 1 aliphatic heterocycles. The summed E-state index contributed by atoms with van der Waals surface area (Å²) in [4.78, 5) is 36.0. The van der Waals surface area contributed by atoms with Crippen LogP contribution >= 0.6 is 11.8 Å². The smallest absolute Gasteiger partial charge is 0.406 e. The molecule has 2 amide bonds. The van der Waals surface area contributed by atoms with Crippen LogP contribution in [0.3, 0.4) is 0 Å². The zero-order valence-electron chi connectivity index (χ0n) is 19.0. The second-order valence-corrected chi connectivity index (χ2v) is 9.10. The van der Waals surface area contributed by atoms with E-state index in [-0.39, 0.29) is 23.7 Å². The summed E-state index contributed by atoms with van der Waals surface area (Å²) in [5.41, 5.74) is 1.30. The lowest BCUT2D eigenvalue weighted by Gasteiger charge is -2.20. The van der Waals surface area contributed by atoms with Gasteiger partial charge in [-0.3, -0.25) is 19.5 Å². The first-order chi connectivity index (χ1) is 17.2. The molecule has 2 aromatic heterocycles. The Labute approximate surface area is 209 Å². The fourth-order valence-corrected chi connectivity index (χ4v) is 4.43. The number of carbonyl (C=O) groups is 2. The number of pyridine rings is 2. The monoisotopic (exact) mass is 517 g/mol. The second kappa shape index (κ2) is 11.0. The van der Waals surface area contributed by atoms with Crippen molar-refractivity contribution in [2.75, 3.05) is 18.4 Å². The molecule has 2 N–H and O–H groups in total. The van der Waals surface area contributed by atoms with E-state index < -0.39 is 23.4 Å². The Hall–Kier alpha value is -3.64. The summed E-state index contributed by atoms with van der Waals surface area (Å²) < 4.78 is 41.0. The number of halogens is 3. The fraction of sp³-hybridized carbons (Fsp3) is 0.250. The van der Waals surface area contributed by atoms with E-state index in [1.807, 2.05) is 11.8 Å². The molecule has 1 saturated heterocycles. The number of thioether (sulfide) groups is 1. The number of rotatable bonds is 9. The topological polar surface area (TPSA) is 96.2 Å². The number of benzene rings is 1. The minimum Gasteiger partial charge on any atom is -0.406 e. The SMILES string of the molecule is CC1CN1CC(=O)NC(Sc1ncccc1C(=O)Nc1ccc(OC(F)(F)F)cc1)c1ccncc1. The quantitative estimate of drug-likeness (QED) is 0.249. The molecule has 3 atom stereocenters. The Morgan fingerprint density at radius 3 is 2.47 bits per heavy atom. The highest BCUT2D eigenvalue weighted by molar-refractivity contribution is 7.99. The van der Waals surface area contributed by atoms with Gasteiger partial charge >= 0.3 is 6.36 Å². The first-order valence-electron chi connectivity index (χ1n) is 10.9. The number of ether oxygens (including phenoxy) is 1. The molecule has 0 saturated carbocycles. The van der Waals surface area contributed by atoms with E-state index in [0.717, 1.165) is 24.2 Å². The number of anilines is 1. The van der Waals surface area contributed by atoms with Crippen LogP contribution in [0.2, 0.25) is 0 Å². The molecule has 3 aromatic rings. The highest BCUT2D eigenvalue weighted by atomic mass is 32.2. The number of nitrogens with one attached hydrogen (secondary N) is 2. The summed E-state index contributed by atoms with van der Waals surface area (Å²) >= 11 is 1.20. The first-order valence-corrected chi connectivity index (χ1v) is 11.8. The van der Waals surface area contributed by atoms with Gasteiger partial charge in [0.05, 0.1) is 12.1 Å². The van der Waals surface area contributed by atoms with Crippen molar-refractivity contribution < 1.29 is 27.5 Å². The molecule has 12 heteroatoms.